The van der Waals surface area contributed by atoms with Gasteiger partial charge in [0.2, 0.25) is 5.91 Å². The molecule has 2 saturated heterocycles. The van der Waals surface area contributed by atoms with Crippen molar-refractivity contribution in [2.75, 3.05) is 52.9 Å². The Kier molecular flexibility index (Phi) is 6.38. The SMILES string of the molecule is COc1ccc(Cl)cc1C(=O)N1CCN(CC(=O)N2CCCCC2)CC1. The Morgan fingerprint density at radius 3 is 2.35 bits per heavy atom. The van der Waals surface area contributed by atoms with Gasteiger partial charge in [0.1, 0.15) is 5.75 Å². The van der Waals surface area contributed by atoms with Gasteiger partial charge in [0.15, 0.2) is 0 Å². The molecule has 1 aromatic carbocycles. The predicted molar refractivity (Wildman–Crippen MR) is 101 cm³/mol. The van der Waals surface area contributed by atoms with Gasteiger partial charge in [-0.3, -0.25) is 14.5 Å². The molecule has 2 fully saturated rings. The quantitative estimate of drug-likeness (QED) is 0.804. The number of piperazine rings is 1. The van der Waals surface area contributed by atoms with Gasteiger partial charge < -0.3 is 14.5 Å². The summed E-state index contributed by atoms with van der Waals surface area (Å²) >= 11 is 6.03. The molecule has 0 bridgehead atoms. The molecule has 2 heterocycles. The van der Waals surface area contributed by atoms with E-state index >= 15 is 0 Å². The van der Waals surface area contributed by atoms with Gasteiger partial charge >= 0.3 is 0 Å². The molecular weight excluding hydrogens is 354 g/mol. The minimum atomic E-state index is -0.0774. The number of halogens is 1. The number of likely N-dealkylation sites (tertiary alicyclic amines) is 1. The highest BCUT2D eigenvalue weighted by Crippen LogP contribution is 2.24. The van der Waals surface area contributed by atoms with E-state index in [9.17, 15) is 9.59 Å². The summed E-state index contributed by atoms with van der Waals surface area (Å²) in [6, 6.07) is 5.07. The van der Waals surface area contributed by atoms with Gasteiger partial charge in [0.25, 0.3) is 5.91 Å². The van der Waals surface area contributed by atoms with E-state index in [4.69, 9.17) is 16.3 Å². The molecule has 0 N–H and O–H groups in total. The maximum atomic E-state index is 12.8. The minimum Gasteiger partial charge on any atom is -0.496 e. The highest BCUT2D eigenvalue weighted by atomic mass is 35.5. The number of hydrogen-bond donors (Lipinski definition) is 0. The Bertz CT molecular complexity index is 653. The molecule has 142 valence electrons. The molecule has 2 aliphatic rings. The van der Waals surface area contributed by atoms with E-state index < -0.39 is 0 Å². The van der Waals surface area contributed by atoms with Gasteiger partial charge in [-0.1, -0.05) is 11.6 Å². The fourth-order valence-electron chi connectivity index (χ4n) is 3.56. The van der Waals surface area contributed by atoms with Crippen molar-refractivity contribution in [1.29, 1.82) is 0 Å². The van der Waals surface area contributed by atoms with Crippen LogP contribution in [0, 0.1) is 0 Å². The number of benzene rings is 1. The van der Waals surface area contributed by atoms with Crippen LogP contribution in [0.5, 0.6) is 5.75 Å². The van der Waals surface area contributed by atoms with E-state index in [1.54, 1.807) is 30.2 Å². The maximum absolute atomic E-state index is 12.8. The van der Waals surface area contributed by atoms with E-state index in [0.717, 1.165) is 25.9 Å². The van der Waals surface area contributed by atoms with Crippen LogP contribution in [0.25, 0.3) is 0 Å². The molecule has 26 heavy (non-hydrogen) atoms. The summed E-state index contributed by atoms with van der Waals surface area (Å²) in [6.07, 6.45) is 3.43. The molecule has 0 aliphatic carbocycles. The number of nitrogens with zero attached hydrogens (tertiary/aromatic N) is 3. The predicted octanol–water partition coefficient (Wildman–Crippen LogP) is 2.12. The fourth-order valence-corrected chi connectivity index (χ4v) is 3.73. The highest BCUT2D eigenvalue weighted by Gasteiger charge is 2.26. The number of carbonyl (C=O) groups excluding carboxylic acids is 2. The summed E-state index contributed by atoms with van der Waals surface area (Å²) in [7, 11) is 1.55. The average molecular weight is 380 g/mol. The Morgan fingerprint density at radius 1 is 1.00 bits per heavy atom. The number of piperidine rings is 1. The average Bonchev–Trinajstić information content (AvgIpc) is 2.68. The Balaban J connectivity index is 1.54. The standard InChI is InChI=1S/C19H26ClN3O3/c1-26-17-6-5-15(20)13-16(17)19(25)23-11-9-21(10-12-23)14-18(24)22-7-3-2-4-8-22/h5-6,13H,2-4,7-12,14H2,1H3. The second-order valence-electron chi connectivity index (χ2n) is 6.85. The molecular formula is C19H26ClN3O3. The molecule has 0 unspecified atom stereocenters. The van der Waals surface area contributed by atoms with E-state index in [1.807, 2.05) is 4.90 Å². The minimum absolute atomic E-state index is 0.0774. The van der Waals surface area contributed by atoms with Gasteiger partial charge in [-0.25, -0.2) is 0 Å². The Labute approximate surface area is 159 Å². The van der Waals surface area contributed by atoms with Crippen LogP contribution in [0.1, 0.15) is 29.6 Å². The number of hydrogen-bond acceptors (Lipinski definition) is 4. The first kappa shape index (κ1) is 19.0. The molecule has 3 rings (SSSR count). The second-order valence-corrected chi connectivity index (χ2v) is 7.29. The van der Waals surface area contributed by atoms with Gasteiger partial charge in [0, 0.05) is 44.3 Å². The summed E-state index contributed by atoms with van der Waals surface area (Å²) < 4.78 is 5.29. The Morgan fingerprint density at radius 2 is 1.69 bits per heavy atom. The lowest BCUT2D eigenvalue weighted by Crippen LogP contribution is -2.52. The molecule has 7 heteroatoms. The van der Waals surface area contributed by atoms with Gasteiger partial charge in [-0.2, -0.15) is 0 Å². The summed E-state index contributed by atoms with van der Waals surface area (Å²) in [5, 5.41) is 0.514. The largest absolute Gasteiger partial charge is 0.496 e. The van der Waals surface area contributed by atoms with Crippen LogP contribution < -0.4 is 4.74 Å². The lowest BCUT2D eigenvalue weighted by Gasteiger charge is -2.36. The molecule has 0 aromatic heterocycles. The molecule has 2 aliphatic heterocycles. The van der Waals surface area contributed by atoms with Crippen LogP contribution in [0.15, 0.2) is 18.2 Å². The number of ether oxygens (including phenoxy) is 1. The molecule has 1 aromatic rings. The molecule has 0 spiro atoms. The van der Waals surface area contributed by atoms with Gasteiger partial charge in [0.05, 0.1) is 19.2 Å². The van der Waals surface area contributed by atoms with Gasteiger partial charge in [-0.05, 0) is 37.5 Å². The second kappa shape index (κ2) is 8.73. The summed E-state index contributed by atoms with van der Waals surface area (Å²) in [5.41, 5.74) is 0.484. The van der Waals surface area contributed by atoms with Crippen molar-refractivity contribution in [3.63, 3.8) is 0 Å². The van der Waals surface area contributed by atoms with Crippen molar-refractivity contribution >= 4 is 23.4 Å². The first-order valence-corrected chi connectivity index (χ1v) is 9.59. The topological polar surface area (TPSA) is 53.1 Å². The highest BCUT2D eigenvalue weighted by molar-refractivity contribution is 6.31. The van der Waals surface area contributed by atoms with E-state index in [-0.39, 0.29) is 11.8 Å². The van der Waals surface area contributed by atoms with Crippen LogP contribution >= 0.6 is 11.6 Å². The maximum Gasteiger partial charge on any atom is 0.257 e. The lowest BCUT2D eigenvalue weighted by molar-refractivity contribution is -0.133. The zero-order valence-electron chi connectivity index (χ0n) is 15.2. The fraction of sp³-hybridized carbons (Fsp3) is 0.579. The number of rotatable bonds is 4. The third-order valence-electron chi connectivity index (χ3n) is 5.12. The molecule has 6 nitrogen and oxygen atoms in total. The molecule has 0 atom stereocenters. The number of amides is 2. The third-order valence-corrected chi connectivity index (χ3v) is 5.35. The molecule has 0 saturated carbocycles. The van der Waals surface area contributed by atoms with Crippen molar-refractivity contribution in [3.8, 4) is 5.75 Å². The smallest absolute Gasteiger partial charge is 0.257 e. The number of methoxy groups -OCH3 is 1. The van der Waals surface area contributed by atoms with Gasteiger partial charge in [-0.15, -0.1) is 0 Å². The zero-order valence-corrected chi connectivity index (χ0v) is 16.0. The van der Waals surface area contributed by atoms with Crippen LogP contribution in [0.4, 0.5) is 0 Å². The van der Waals surface area contributed by atoms with Crippen molar-refractivity contribution in [2.24, 2.45) is 0 Å². The van der Waals surface area contributed by atoms with Crippen LogP contribution in [0.2, 0.25) is 5.02 Å². The van der Waals surface area contributed by atoms with Crippen molar-refractivity contribution in [2.45, 2.75) is 19.3 Å². The monoisotopic (exact) mass is 379 g/mol. The third kappa shape index (κ3) is 4.48. The first-order chi connectivity index (χ1) is 12.6. The van der Waals surface area contributed by atoms with Crippen LogP contribution in [-0.4, -0.2) is 79.4 Å². The normalized spacial score (nSPS) is 18.7. The molecule has 0 radical (unpaired) electrons. The van der Waals surface area contributed by atoms with Crippen molar-refractivity contribution in [3.05, 3.63) is 28.8 Å². The summed E-state index contributed by atoms with van der Waals surface area (Å²) in [4.78, 5) is 31.1. The van der Waals surface area contributed by atoms with E-state index in [0.29, 0.717) is 49.1 Å². The summed E-state index contributed by atoms with van der Waals surface area (Å²) in [5.74, 6) is 0.662. The van der Waals surface area contributed by atoms with Crippen LogP contribution in [-0.2, 0) is 4.79 Å². The van der Waals surface area contributed by atoms with E-state index in [1.165, 1.54) is 6.42 Å². The van der Waals surface area contributed by atoms with Crippen molar-refractivity contribution < 1.29 is 14.3 Å². The summed E-state index contributed by atoms with van der Waals surface area (Å²) in [6.45, 7) is 4.81. The zero-order chi connectivity index (χ0) is 18.5. The number of carbonyl (C=O) groups is 2. The van der Waals surface area contributed by atoms with E-state index in [2.05, 4.69) is 4.90 Å². The Hall–Kier alpha value is -1.79. The van der Waals surface area contributed by atoms with Crippen molar-refractivity contribution in [1.82, 2.24) is 14.7 Å². The first-order valence-electron chi connectivity index (χ1n) is 9.21. The lowest BCUT2D eigenvalue weighted by atomic mass is 10.1. The van der Waals surface area contributed by atoms with Crippen LogP contribution in [0.3, 0.4) is 0 Å². The molecule has 2 amide bonds.